The van der Waals surface area contributed by atoms with E-state index < -0.39 is 45.3 Å². The second-order valence-electron chi connectivity index (χ2n) is 6.97. The molecule has 0 aliphatic heterocycles. The molecular weight excluding hydrogens is 503 g/mol. The molecule has 192 valence electrons. The highest BCUT2D eigenvalue weighted by molar-refractivity contribution is 5.96. The maximum atomic E-state index is 12.8. The third-order valence-electron chi connectivity index (χ3n) is 4.58. The number of aliphatic hydroxyl groups is 1. The summed E-state index contributed by atoms with van der Waals surface area (Å²) in [5.41, 5.74) is -0.501. The average Bonchev–Trinajstić information content (AvgIpc) is 3.32. The van der Waals surface area contributed by atoms with E-state index in [0.717, 1.165) is 35.7 Å². The number of aliphatic hydroxyl groups excluding tert-OH is 1. The van der Waals surface area contributed by atoms with Crippen LogP contribution in [0.5, 0.6) is 0 Å². The minimum atomic E-state index is -1.52. The van der Waals surface area contributed by atoms with Gasteiger partial charge in [0.05, 0.1) is 27.5 Å². The number of hydrogen-bond acceptors (Lipinski definition) is 7. The molecule has 0 fully saturated rings. The summed E-state index contributed by atoms with van der Waals surface area (Å²) in [7, 11) is 0. The number of aromatic carboxylic acids is 1. The standard InChI is InChI=1S/C9H6FNO.C7H4FNO4.C7H6FNO3/c10-8-3-6-1-2-11-9(6)7(4-8)5-12;8-4-1-2-6(9(12)13)5(3-4)7(10)11;8-6-1-2-7(9(11)12)5(3-6)4-10/h1-5,11H;1-3H,(H,10,11);1-3,10H,4H2. The van der Waals surface area contributed by atoms with Gasteiger partial charge in [-0.05, 0) is 42.5 Å². The van der Waals surface area contributed by atoms with Gasteiger partial charge in [0.2, 0.25) is 0 Å². The fraction of sp³-hybridized carbons (Fsp3) is 0.0435. The maximum absolute atomic E-state index is 12.8. The van der Waals surface area contributed by atoms with E-state index >= 15 is 0 Å². The van der Waals surface area contributed by atoms with Gasteiger partial charge in [-0.15, -0.1) is 0 Å². The molecule has 0 unspecified atom stereocenters. The minimum Gasteiger partial charge on any atom is -0.477 e. The first-order chi connectivity index (χ1) is 17.5. The van der Waals surface area contributed by atoms with Crippen LogP contribution < -0.4 is 0 Å². The Morgan fingerprint density at radius 1 is 0.892 bits per heavy atom. The van der Waals surface area contributed by atoms with Crippen LogP contribution in [0.4, 0.5) is 24.5 Å². The number of carbonyl (C=O) groups is 2. The van der Waals surface area contributed by atoms with Gasteiger partial charge < -0.3 is 15.2 Å². The Hall–Kier alpha value is -5.11. The number of nitro benzene ring substituents is 2. The first-order valence-corrected chi connectivity index (χ1v) is 9.91. The van der Waals surface area contributed by atoms with Gasteiger partial charge in [0, 0.05) is 29.3 Å². The van der Waals surface area contributed by atoms with Crippen molar-refractivity contribution in [3.63, 3.8) is 0 Å². The maximum Gasteiger partial charge on any atom is 0.342 e. The number of carbonyl (C=O) groups excluding carboxylic acids is 1. The van der Waals surface area contributed by atoms with Crippen LogP contribution in [-0.4, -0.2) is 37.3 Å². The van der Waals surface area contributed by atoms with Crippen molar-refractivity contribution in [2.75, 3.05) is 0 Å². The Kier molecular flexibility index (Phi) is 9.54. The van der Waals surface area contributed by atoms with Crippen molar-refractivity contribution in [1.82, 2.24) is 4.98 Å². The summed E-state index contributed by atoms with van der Waals surface area (Å²) in [5.74, 6) is -3.32. The number of nitrogens with one attached hydrogen (secondary N) is 1. The summed E-state index contributed by atoms with van der Waals surface area (Å²) in [5, 5.41) is 38.3. The third-order valence-corrected chi connectivity index (χ3v) is 4.58. The van der Waals surface area contributed by atoms with E-state index in [9.17, 15) is 43.0 Å². The zero-order chi connectivity index (χ0) is 27.7. The first kappa shape index (κ1) is 28.1. The number of hydrogen-bond donors (Lipinski definition) is 3. The second kappa shape index (κ2) is 12.6. The summed E-state index contributed by atoms with van der Waals surface area (Å²) in [6.07, 6.45) is 2.32. The number of H-pyrrole nitrogens is 1. The molecule has 0 atom stereocenters. The van der Waals surface area contributed by atoms with Crippen LogP contribution in [-0.2, 0) is 6.61 Å². The molecule has 0 radical (unpaired) electrons. The van der Waals surface area contributed by atoms with Crippen molar-refractivity contribution in [1.29, 1.82) is 0 Å². The van der Waals surface area contributed by atoms with Crippen LogP contribution >= 0.6 is 0 Å². The Balaban J connectivity index is 0.000000195. The molecule has 0 saturated heterocycles. The van der Waals surface area contributed by atoms with E-state index in [1.807, 2.05) is 0 Å². The monoisotopic (exact) mass is 519 g/mol. The number of carboxylic acid groups (broad SMARTS) is 1. The summed E-state index contributed by atoms with van der Waals surface area (Å²) in [4.78, 5) is 42.7. The molecule has 0 aliphatic carbocycles. The topological polar surface area (TPSA) is 177 Å². The number of aromatic nitrogens is 1. The molecule has 4 rings (SSSR count). The van der Waals surface area contributed by atoms with Crippen LogP contribution in [0, 0.1) is 37.7 Å². The predicted molar refractivity (Wildman–Crippen MR) is 123 cm³/mol. The van der Waals surface area contributed by atoms with Crippen molar-refractivity contribution in [2.24, 2.45) is 0 Å². The van der Waals surface area contributed by atoms with Crippen molar-refractivity contribution in [3.05, 3.63) is 115 Å². The first-order valence-electron chi connectivity index (χ1n) is 9.91. The van der Waals surface area contributed by atoms with E-state index in [0.29, 0.717) is 23.4 Å². The Bertz CT molecular complexity index is 1470. The molecule has 0 bridgehead atoms. The highest BCUT2D eigenvalue weighted by Crippen LogP contribution is 2.20. The molecule has 0 saturated carbocycles. The van der Waals surface area contributed by atoms with E-state index in [1.165, 1.54) is 12.1 Å². The zero-order valence-electron chi connectivity index (χ0n) is 18.4. The third kappa shape index (κ3) is 7.43. The normalized spacial score (nSPS) is 9.95. The predicted octanol–water partition coefficient (Wildman–Crippen LogP) is 4.78. The molecule has 37 heavy (non-hydrogen) atoms. The molecule has 4 aromatic rings. The van der Waals surface area contributed by atoms with Gasteiger partial charge in [-0.3, -0.25) is 25.0 Å². The Labute approximate surface area is 204 Å². The molecule has 1 heterocycles. The van der Waals surface area contributed by atoms with E-state index in [2.05, 4.69) is 4.98 Å². The van der Waals surface area contributed by atoms with Crippen molar-refractivity contribution in [2.45, 2.75) is 6.61 Å². The van der Waals surface area contributed by atoms with E-state index in [-0.39, 0.29) is 17.1 Å². The molecule has 11 nitrogen and oxygen atoms in total. The SMILES string of the molecule is O=C(O)c1cc(F)ccc1[N+](=O)[O-].O=Cc1cc(F)cc2cc[nH]c12.O=[N+]([O-])c1ccc(F)cc1CO. The largest absolute Gasteiger partial charge is 0.477 e. The number of aldehydes is 1. The number of rotatable bonds is 5. The number of nitrogens with zero attached hydrogens (tertiary/aromatic N) is 2. The number of benzene rings is 3. The van der Waals surface area contributed by atoms with Crippen LogP contribution in [0.25, 0.3) is 10.9 Å². The van der Waals surface area contributed by atoms with Gasteiger partial charge in [0.25, 0.3) is 11.4 Å². The number of carboxylic acids is 1. The van der Waals surface area contributed by atoms with E-state index in [4.69, 9.17) is 10.2 Å². The van der Waals surface area contributed by atoms with Crippen LogP contribution in [0.2, 0.25) is 0 Å². The lowest BCUT2D eigenvalue weighted by atomic mass is 10.1. The fourth-order valence-electron chi connectivity index (χ4n) is 2.95. The smallest absolute Gasteiger partial charge is 0.342 e. The fourth-order valence-corrected chi connectivity index (χ4v) is 2.95. The zero-order valence-corrected chi connectivity index (χ0v) is 18.4. The number of nitro groups is 2. The molecule has 1 aromatic heterocycles. The lowest BCUT2D eigenvalue weighted by molar-refractivity contribution is -0.385. The Morgan fingerprint density at radius 2 is 1.49 bits per heavy atom. The van der Waals surface area contributed by atoms with Crippen molar-refractivity contribution < 1.29 is 42.8 Å². The van der Waals surface area contributed by atoms with Gasteiger partial charge in [-0.2, -0.15) is 0 Å². The van der Waals surface area contributed by atoms with Gasteiger partial charge in [-0.25, -0.2) is 18.0 Å². The quantitative estimate of drug-likeness (QED) is 0.192. The second-order valence-corrected chi connectivity index (χ2v) is 6.97. The molecule has 0 amide bonds. The van der Waals surface area contributed by atoms with Crippen LogP contribution in [0.3, 0.4) is 0 Å². The number of halogens is 3. The molecule has 3 N–H and O–H groups in total. The highest BCUT2D eigenvalue weighted by Gasteiger charge is 2.19. The van der Waals surface area contributed by atoms with Gasteiger partial charge >= 0.3 is 5.97 Å². The lowest BCUT2D eigenvalue weighted by Gasteiger charge is -1.97. The van der Waals surface area contributed by atoms with Gasteiger partial charge in [0.15, 0.2) is 6.29 Å². The molecule has 0 aliphatic rings. The summed E-state index contributed by atoms with van der Waals surface area (Å²) >= 11 is 0. The number of fused-ring (bicyclic) bond motifs is 1. The highest BCUT2D eigenvalue weighted by atomic mass is 19.1. The molecule has 0 spiro atoms. The Morgan fingerprint density at radius 3 is 2.03 bits per heavy atom. The van der Waals surface area contributed by atoms with E-state index in [1.54, 1.807) is 12.3 Å². The summed E-state index contributed by atoms with van der Waals surface area (Å²) in [6, 6.07) is 9.55. The summed E-state index contributed by atoms with van der Waals surface area (Å²) < 4.78 is 37.7. The van der Waals surface area contributed by atoms with Gasteiger partial charge in [0.1, 0.15) is 23.0 Å². The van der Waals surface area contributed by atoms with Crippen molar-refractivity contribution in [3.8, 4) is 0 Å². The number of aromatic amines is 1. The summed E-state index contributed by atoms with van der Waals surface area (Å²) in [6.45, 7) is -0.534. The van der Waals surface area contributed by atoms with Crippen molar-refractivity contribution >= 4 is 34.5 Å². The average molecular weight is 519 g/mol. The lowest BCUT2D eigenvalue weighted by Crippen LogP contribution is -2.02. The molecule has 14 heteroatoms. The molecule has 3 aromatic carbocycles. The van der Waals surface area contributed by atoms with Gasteiger partial charge in [-0.1, -0.05) is 0 Å². The van der Waals surface area contributed by atoms with Crippen LogP contribution in [0.1, 0.15) is 26.3 Å². The minimum absolute atomic E-state index is 0.0139. The van der Waals surface area contributed by atoms with Crippen LogP contribution in [0.15, 0.2) is 60.8 Å². The molecular formula is C23H16F3N3O8.